The van der Waals surface area contributed by atoms with Crippen LogP contribution in [0.15, 0.2) is 38.0 Å². The van der Waals surface area contributed by atoms with Gasteiger partial charge in [-0.05, 0) is 123 Å². The molecule has 10 heteroatoms. The van der Waals surface area contributed by atoms with E-state index in [0.29, 0.717) is 0 Å². The summed E-state index contributed by atoms with van der Waals surface area (Å²) in [5, 5.41) is 0. The summed E-state index contributed by atoms with van der Waals surface area (Å²) in [6.07, 6.45) is 11.4. The monoisotopic (exact) mass is 624 g/mol. The topological polar surface area (TPSA) is 36.9 Å². The average Bonchev–Trinajstić information content (AvgIpc) is 2.58. The van der Waals surface area contributed by atoms with Crippen molar-refractivity contribution in [1.29, 1.82) is 0 Å². The fourth-order valence-electron chi connectivity index (χ4n) is 3.41. The lowest BCUT2D eigenvalue weighted by molar-refractivity contribution is 0.380. The van der Waals surface area contributed by atoms with E-state index in [2.05, 4.69) is 111 Å². The molecule has 0 saturated heterocycles. The molecule has 0 unspecified atom stereocenters. The van der Waals surface area contributed by atoms with Crippen molar-refractivity contribution in [2.24, 2.45) is 0 Å². The highest BCUT2D eigenvalue weighted by Crippen LogP contribution is 2.26. The standard InChI is InChI=1S/C13H32O2Si3.C7H22O2Si3.C6H10.CH4/c1-9-10-11-12-13-18(8,14-16(2,3)4)15-17(5,6)7;1-10(8-11(2,3)4)9-12(5,6)7;1-3-5-6-4-2;/h9H,1,10-13H2,2-8H3;10H,1-7H3;3-4H,1-2,5-6H2;1H4. The number of allylic oxidation sites excluding steroid dienone is 3. The van der Waals surface area contributed by atoms with Crippen LogP contribution in [0.25, 0.3) is 0 Å². The largest absolute Gasteiger partial charge is 0.439 e. The minimum atomic E-state index is -1.98. The fourth-order valence-corrected chi connectivity index (χ4v) is 24.6. The summed E-state index contributed by atoms with van der Waals surface area (Å²) in [5.74, 6) is 0. The summed E-state index contributed by atoms with van der Waals surface area (Å²) in [6.45, 7) is 42.1. The van der Waals surface area contributed by atoms with Gasteiger partial charge in [-0.15, -0.1) is 19.7 Å². The SMILES string of the molecule is C.C=CCCC=C.C=CCCCC[Si](C)(O[Si](C)(C)C)O[Si](C)(C)C.C[SiH](O[Si](C)(C)C)O[Si](C)(C)C. The predicted octanol–water partition coefficient (Wildman–Crippen LogP) is 10.4. The lowest BCUT2D eigenvalue weighted by Gasteiger charge is -2.38. The summed E-state index contributed by atoms with van der Waals surface area (Å²) in [7, 11) is -9.08. The van der Waals surface area contributed by atoms with Crippen LogP contribution in [0.5, 0.6) is 0 Å². The second-order valence-electron chi connectivity index (χ2n) is 13.3. The molecule has 0 atom stereocenters. The van der Waals surface area contributed by atoms with E-state index in [1.54, 1.807) is 0 Å². The fraction of sp³-hybridized carbons (Fsp3) is 0.778. The number of hydrogen-bond donors (Lipinski definition) is 0. The van der Waals surface area contributed by atoms with Crippen molar-refractivity contribution in [1.82, 2.24) is 0 Å². The molecular formula is C27H68O4Si6. The Kier molecular flexibility index (Phi) is 25.4. The van der Waals surface area contributed by atoms with Gasteiger partial charge in [0, 0.05) is 0 Å². The normalized spacial score (nSPS) is 12.4. The molecule has 0 bridgehead atoms. The summed E-state index contributed by atoms with van der Waals surface area (Å²) in [5.41, 5.74) is 0. The van der Waals surface area contributed by atoms with E-state index >= 15 is 0 Å². The second kappa shape index (κ2) is 21.2. The van der Waals surface area contributed by atoms with E-state index in [9.17, 15) is 0 Å². The highest BCUT2D eigenvalue weighted by atomic mass is 28.5. The first-order valence-corrected chi connectivity index (χ1v) is 31.8. The van der Waals surface area contributed by atoms with E-state index in [1.165, 1.54) is 12.8 Å². The van der Waals surface area contributed by atoms with Crippen LogP contribution in [0, 0.1) is 0 Å². The Morgan fingerprint density at radius 2 is 0.865 bits per heavy atom. The Morgan fingerprint density at radius 1 is 0.541 bits per heavy atom. The van der Waals surface area contributed by atoms with E-state index in [1.807, 2.05) is 18.2 Å². The van der Waals surface area contributed by atoms with Gasteiger partial charge in [0.1, 0.15) is 0 Å². The van der Waals surface area contributed by atoms with Crippen molar-refractivity contribution < 1.29 is 16.5 Å². The van der Waals surface area contributed by atoms with Crippen LogP contribution in [0.1, 0.15) is 39.5 Å². The number of unbranched alkanes of at least 4 members (excludes halogenated alkanes) is 3. The second-order valence-corrected chi connectivity index (χ2v) is 37.6. The zero-order valence-electron chi connectivity index (χ0n) is 26.8. The molecule has 0 aromatic rings. The third-order valence-electron chi connectivity index (χ3n) is 3.95. The Balaban J connectivity index is -0.000000247. The predicted molar refractivity (Wildman–Crippen MR) is 188 cm³/mol. The van der Waals surface area contributed by atoms with Crippen molar-refractivity contribution >= 4 is 51.1 Å². The minimum absolute atomic E-state index is 0. The third kappa shape index (κ3) is 41.0. The van der Waals surface area contributed by atoms with Gasteiger partial charge in [-0.2, -0.15) is 0 Å². The maximum absolute atomic E-state index is 6.45. The third-order valence-corrected chi connectivity index (χ3v) is 21.9. The van der Waals surface area contributed by atoms with Crippen LogP contribution in [-0.2, 0) is 16.5 Å². The minimum Gasteiger partial charge on any atom is -0.439 e. The molecule has 0 aromatic heterocycles. The highest BCUT2D eigenvalue weighted by molar-refractivity contribution is 6.87. The molecule has 0 saturated carbocycles. The molecular weight excluding hydrogens is 557 g/mol. The van der Waals surface area contributed by atoms with Crippen LogP contribution in [-0.4, -0.2) is 51.1 Å². The van der Waals surface area contributed by atoms with Crippen LogP contribution in [0.2, 0.25) is 97.7 Å². The number of rotatable bonds is 16. The van der Waals surface area contributed by atoms with Gasteiger partial charge in [0.05, 0.1) is 0 Å². The zero-order valence-corrected chi connectivity index (χ0v) is 33.0. The van der Waals surface area contributed by atoms with Gasteiger partial charge in [-0.1, -0.05) is 32.1 Å². The Labute approximate surface area is 241 Å². The van der Waals surface area contributed by atoms with Crippen molar-refractivity contribution in [3.05, 3.63) is 38.0 Å². The van der Waals surface area contributed by atoms with Gasteiger partial charge < -0.3 is 16.5 Å². The summed E-state index contributed by atoms with van der Waals surface area (Å²) < 4.78 is 24.7. The van der Waals surface area contributed by atoms with Crippen molar-refractivity contribution in [2.45, 2.75) is 137 Å². The quantitative estimate of drug-likeness (QED) is 0.0972. The van der Waals surface area contributed by atoms with E-state index < -0.39 is 51.1 Å². The molecule has 0 rings (SSSR count). The average molecular weight is 625 g/mol. The lowest BCUT2D eigenvalue weighted by Crippen LogP contribution is -2.52. The Morgan fingerprint density at radius 3 is 1.11 bits per heavy atom. The molecule has 0 aliphatic rings. The highest BCUT2D eigenvalue weighted by Gasteiger charge is 2.39. The van der Waals surface area contributed by atoms with Crippen LogP contribution >= 0.6 is 0 Å². The number of hydrogen-bond acceptors (Lipinski definition) is 4. The van der Waals surface area contributed by atoms with Crippen molar-refractivity contribution in [3.63, 3.8) is 0 Å². The van der Waals surface area contributed by atoms with Crippen molar-refractivity contribution in [2.75, 3.05) is 0 Å². The first-order valence-electron chi connectivity index (χ1n) is 13.6. The van der Waals surface area contributed by atoms with Gasteiger partial charge >= 0.3 is 8.56 Å². The molecule has 224 valence electrons. The van der Waals surface area contributed by atoms with Gasteiger partial charge in [0.25, 0.3) is 9.28 Å². The maximum Gasteiger partial charge on any atom is 0.314 e. The lowest BCUT2D eigenvalue weighted by atomic mass is 10.2. The Bertz CT molecular complexity index is 548. The Hall–Kier alpha value is 0.361. The van der Waals surface area contributed by atoms with Crippen LogP contribution in [0.4, 0.5) is 0 Å². The summed E-state index contributed by atoms with van der Waals surface area (Å²) in [6, 6.07) is 1.12. The van der Waals surface area contributed by atoms with Crippen LogP contribution in [0.3, 0.4) is 0 Å². The molecule has 0 aromatic carbocycles. The molecule has 0 aliphatic carbocycles. The molecule has 4 nitrogen and oxygen atoms in total. The molecule has 0 spiro atoms. The molecule has 0 fully saturated rings. The molecule has 37 heavy (non-hydrogen) atoms. The first-order chi connectivity index (χ1) is 16.0. The molecule has 0 radical (unpaired) electrons. The molecule has 0 aliphatic heterocycles. The van der Waals surface area contributed by atoms with Gasteiger partial charge in [0.2, 0.25) is 0 Å². The van der Waals surface area contributed by atoms with Crippen LogP contribution < -0.4 is 0 Å². The molecule has 0 amide bonds. The first kappa shape index (κ1) is 44.4. The summed E-state index contributed by atoms with van der Waals surface area (Å²) in [4.78, 5) is 0. The van der Waals surface area contributed by atoms with Gasteiger partial charge in [0.15, 0.2) is 33.3 Å². The summed E-state index contributed by atoms with van der Waals surface area (Å²) >= 11 is 0. The van der Waals surface area contributed by atoms with Crippen molar-refractivity contribution in [3.8, 4) is 0 Å². The zero-order chi connectivity index (χ0) is 29.3. The van der Waals surface area contributed by atoms with E-state index in [4.69, 9.17) is 16.5 Å². The van der Waals surface area contributed by atoms with Gasteiger partial charge in [-0.25, -0.2) is 0 Å². The molecule has 0 heterocycles. The van der Waals surface area contributed by atoms with Gasteiger partial charge in [-0.3, -0.25) is 0 Å². The van der Waals surface area contributed by atoms with E-state index in [0.717, 1.165) is 25.3 Å². The molecule has 0 N–H and O–H groups in total. The smallest absolute Gasteiger partial charge is 0.314 e. The maximum atomic E-state index is 6.45. The van der Waals surface area contributed by atoms with E-state index in [-0.39, 0.29) is 7.43 Å².